The molecule has 4 heteroatoms. The summed E-state index contributed by atoms with van der Waals surface area (Å²) in [6, 6.07) is 4.65. The molecule has 116 valence electrons. The van der Waals surface area contributed by atoms with Gasteiger partial charge in [-0.1, -0.05) is 12.8 Å². The lowest BCUT2D eigenvalue weighted by Crippen LogP contribution is -2.47. The maximum absolute atomic E-state index is 5.99. The Morgan fingerprint density at radius 3 is 2.76 bits per heavy atom. The van der Waals surface area contributed by atoms with E-state index in [1.165, 1.54) is 38.5 Å². The van der Waals surface area contributed by atoms with Gasteiger partial charge in [0.15, 0.2) is 0 Å². The van der Waals surface area contributed by atoms with Gasteiger partial charge in [-0.25, -0.2) is 0 Å². The van der Waals surface area contributed by atoms with E-state index in [-0.39, 0.29) is 6.10 Å². The molecule has 0 aromatic carbocycles. The van der Waals surface area contributed by atoms with E-state index < -0.39 is 0 Å². The molecular formula is C17H27N3O. The first kappa shape index (κ1) is 14.5. The van der Waals surface area contributed by atoms with Gasteiger partial charge in [0.05, 0.1) is 11.8 Å². The highest BCUT2D eigenvalue weighted by molar-refractivity contribution is 5.55. The summed E-state index contributed by atoms with van der Waals surface area (Å²) >= 11 is 0. The van der Waals surface area contributed by atoms with Gasteiger partial charge in [-0.3, -0.25) is 0 Å². The molecular weight excluding hydrogens is 262 g/mol. The van der Waals surface area contributed by atoms with Crippen LogP contribution >= 0.6 is 0 Å². The highest BCUT2D eigenvalue weighted by Gasteiger charge is 2.34. The zero-order chi connectivity index (χ0) is 14.8. The molecule has 1 aromatic heterocycles. The Morgan fingerprint density at radius 2 is 1.95 bits per heavy atom. The third kappa shape index (κ3) is 3.09. The number of anilines is 2. The van der Waals surface area contributed by atoms with E-state index in [1.54, 1.807) is 0 Å². The molecule has 0 radical (unpaired) electrons. The van der Waals surface area contributed by atoms with Crippen LogP contribution in [0.3, 0.4) is 0 Å². The van der Waals surface area contributed by atoms with Crippen LogP contribution in [-0.2, 0) is 0 Å². The Kier molecular flexibility index (Phi) is 4.22. The fourth-order valence-electron chi connectivity index (χ4n) is 3.83. The molecule has 1 saturated heterocycles. The Labute approximate surface area is 127 Å². The molecule has 2 N–H and O–H groups in total. The van der Waals surface area contributed by atoms with E-state index in [0.29, 0.717) is 17.6 Å². The molecule has 1 aliphatic carbocycles. The van der Waals surface area contributed by atoms with E-state index >= 15 is 0 Å². The van der Waals surface area contributed by atoms with Crippen molar-refractivity contribution in [3.05, 3.63) is 12.1 Å². The van der Waals surface area contributed by atoms with Crippen LogP contribution in [0.2, 0.25) is 0 Å². The summed E-state index contributed by atoms with van der Waals surface area (Å²) in [6.07, 6.45) is 8.18. The Hall–Kier alpha value is -1.45. The van der Waals surface area contributed by atoms with E-state index in [9.17, 15) is 0 Å². The van der Waals surface area contributed by atoms with Gasteiger partial charge >= 0.3 is 0 Å². The number of aromatic nitrogens is 1. The van der Waals surface area contributed by atoms with Crippen molar-refractivity contribution in [1.82, 2.24) is 4.98 Å². The van der Waals surface area contributed by atoms with Gasteiger partial charge in [0, 0.05) is 12.6 Å². The molecule has 3 rings (SSSR count). The van der Waals surface area contributed by atoms with E-state index in [2.05, 4.69) is 11.0 Å². The summed E-state index contributed by atoms with van der Waals surface area (Å²) in [4.78, 5) is 7.21. The topological polar surface area (TPSA) is 51.4 Å². The maximum atomic E-state index is 5.99. The average molecular weight is 289 g/mol. The monoisotopic (exact) mass is 289 g/mol. The van der Waals surface area contributed by atoms with Crippen molar-refractivity contribution in [1.29, 1.82) is 0 Å². The highest BCUT2D eigenvalue weighted by Crippen LogP contribution is 2.38. The second-order valence-electron chi connectivity index (χ2n) is 6.68. The van der Waals surface area contributed by atoms with Crippen molar-refractivity contribution in [3.8, 4) is 5.88 Å². The zero-order valence-electron chi connectivity index (χ0n) is 13.2. The Balaban J connectivity index is 1.84. The van der Waals surface area contributed by atoms with Crippen molar-refractivity contribution in [2.24, 2.45) is 5.92 Å². The standard InChI is InChI=1S/C17H27N3O/c1-12(2)21-17-14(18)9-10-16(19-17)20-11-5-7-13-6-3-4-8-15(13)20/h9-10,12-13,15H,3-8,11,18H2,1-2H3. The zero-order valence-corrected chi connectivity index (χ0v) is 13.2. The highest BCUT2D eigenvalue weighted by atomic mass is 16.5. The van der Waals surface area contributed by atoms with Crippen LogP contribution in [0.1, 0.15) is 52.4 Å². The molecule has 0 amide bonds. The number of rotatable bonds is 3. The van der Waals surface area contributed by atoms with Crippen LogP contribution in [0.4, 0.5) is 11.5 Å². The number of hydrogen-bond acceptors (Lipinski definition) is 4. The molecule has 0 spiro atoms. The van der Waals surface area contributed by atoms with Crippen molar-refractivity contribution < 1.29 is 4.74 Å². The minimum Gasteiger partial charge on any atom is -0.473 e. The minimum absolute atomic E-state index is 0.0961. The van der Waals surface area contributed by atoms with E-state index in [1.807, 2.05) is 19.9 Å². The van der Waals surface area contributed by atoms with Crippen LogP contribution in [0.15, 0.2) is 12.1 Å². The van der Waals surface area contributed by atoms with E-state index in [0.717, 1.165) is 18.3 Å². The lowest BCUT2D eigenvalue weighted by atomic mass is 9.78. The molecule has 1 aromatic rings. The third-order valence-electron chi connectivity index (χ3n) is 4.76. The fraction of sp³-hybridized carbons (Fsp3) is 0.706. The number of nitrogens with two attached hydrogens (primary N) is 1. The molecule has 1 saturated carbocycles. The van der Waals surface area contributed by atoms with Gasteiger partial charge in [0.25, 0.3) is 0 Å². The number of pyridine rings is 1. The summed E-state index contributed by atoms with van der Waals surface area (Å²) < 4.78 is 5.75. The predicted octanol–water partition coefficient (Wildman–Crippen LogP) is 3.61. The van der Waals surface area contributed by atoms with Gasteiger partial charge < -0.3 is 15.4 Å². The van der Waals surface area contributed by atoms with Crippen molar-refractivity contribution >= 4 is 11.5 Å². The average Bonchev–Trinajstić information content (AvgIpc) is 2.48. The second kappa shape index (κ2) is 6.12. The third-order valence-corrected chi connectivity index (χ3v) is 4.76. The normalized spacial score (nSPS) is 25.8. The summed E-state index contributed by atoms with van der Waals surface area (Å²) in [6.45, 7) is 5.12. The fourth-order valence-corrected chi connectivity index (χ4v) is 3.83. The molecule has 4 nitrogen and oxygen atoms in total. The van der Waals surface area contributed by atoms with Crippen molar-refractivity contribution in [3.63, 3.8) is 0 Å². The van der Waals surface area contributed by atoms with Crippen molar-refractivity contribution in [2.45, 2.75) is 64.5 Å². The maximum Gasteiger partial charge on any atom is 0.239 e. The van der Waals surface area contributed by atoms with Crippen LogP contribution < -0.4 is 15.4 Å². The molecule has 0 bridgehead atoms. The largest absolute Gasteiger partial charge is 0.473 e. The first-order valence-corrected chi connectivity index (χ1v) is 8.35. The molecule has 2 unspecified atom stereocenters. The number of hydrogen-bond donors (Lipinski definition) is 1. The Morgan fingerprint density at radius 1 is 1.19 bits per heavy atom. The molecule has 21 heavy (non-hydrogen) atoms. The van der Waals surface area contributed by atoms with Crippen LogP contribution in [-0.4, -0.2) is 23.7 Å². The summed E-state index contributed by atoms with van der Waals surface area (Å²) in [5.74, 6) is 2.47. The first-order chi connectivity index (χ1) is 10.1. The van der Waals surface area contributed by atoms with Crippen LogP contribution in [0.5, 0.6) is 5.88 Å². The lowest BCUT2D eigenvalue weighted by molar-refractivity contribution is 0.230. The molecule has 2 fully saturated rings. The molecule has 2 aliphatic rings. The SMILES string of the molecule is CC(C)Oc1nc(N2CCCC3CCCCC32)ccc1N. The van der Waals surface area contributed by atoms with Gasteiger partial charge in [-0.2, -0.15) is 4.98 Å². The lowest BCUT2D eigenvalue weighted by Gasteiger charge is -2.44. The number of fused-ring (bicyclic) bond motifs is 1. The quantitative estimate of drug-likeness (QED) is 0.923. The minimum atomic E-state index is 0.0961. The number of piperidine rings is 1. The molecule has 2 heterocycles. The summed E-state index contributed by atoms with van der Waals surface area (Å²) in [5.41, 5.74) is 6.62. The van der Waals surface area contributed by atoms with Crippen molar-refractivity contribution in [2.75, 3.05) is 17.2 Å². The predicted molar refractivity (Wildman–Crippen MR) is 86.7 cm³/mol. The molecule has 2 atom stereocenters. The molecule has 1 aliphatic heterocycles. The smallest absolute Gasteiger partial charge is 0.239 e. The Bertz CT molecular complexity index is 487. The van der Waals surface area contributed by atoms with E-state index in [4.69, 9.17) is 15.5 Å². The van der Waals surface area contributed by atoms with Crippen LogP contribution in [0, 0.1) is 5.92 Å². The van der Waals surface area contributed by atoms with Gasteiger partial charge in [0.2, 0.25) is 5.88 Å². The number of nitrogens with zero attached hydrogens (tertiary/aromatic N) is 2. The second-order valence-corrected chi connectivity index (χ2v) is 6.68. The summed E-state index contributed by atoms with van der Waals surface area (Å²) in [7, 11) is 0. The summed E-state index contributed by atoms with van der Waals surface area (Å²) in [5, 5.41) is 0. The van der Waals surface area contributed by atoms with Gasteiger partial charge in [0.1, 0.15) is 5.82 Å². The first-order valence-electron chi connectivity index (χ1n) is 8.35. The van der Waals surface area contributed by atoms with Gasteiger partial charge in [-0.05, 0) is 57.6 Å². The van der Waals surface area contributed by atoms with Gasteiger partial charge in [-0.15, -0.1) is 0 Å². The van der Waals surface area contributed by atoms with Crippen LogP contribution in [0.25, 0.3) is 0 Å². The number of nitrogen functional groups attached to an aromatic ring is 1. The number of ether oxygens (including phenoxy) is 1.